The third kappa shape index (κ3) is 4.60. The van der Waals surface area contributed by atoms with E-state index < -0.39 is 5.97 Å². The van der Waals surface area contributed by atoms with Crippen LogP contribution in [0.25, 0.3) is 11.0 Å². The number of imidazole rings is 1. The highest BCUT2D eigenvalue weighted by atomic mass is 35.5. The van der Waals surface area contributed by atoms with E-state index in [1.165, 1.54) is 6.07 Å². The minimum Gasteiger partial charge on any atom is -0.475 e. The van der Waals surface area contributed by atoms with E-state index in [2.05, 4.69) is 4.98 Å². The number of halogens is 1. The fourth-order valence-corrected chi connectivity index (χ4v) is 3.44. The van der Waals surface area contributed by atoms with Crippen LogP contribution in [0.1, 0.15) is 40.0 Å². The predicted molar refractivity (Wildman–Crippen MR) is 107 cm³/mol. The lowest BCUT2D eigenvalue weighted by molar-refractivity contribution is 0.0655. The fraction of sp³-hybridized carbons (Fsp3) is 0.350. The van der Waals surface area contributed by atoms with Crippen molar-refractivity contribution in [1.29, 1.82) is 0 Å². The number of aryl methyl sites for hydroxylation is 1. The molecule has 0 saturated carbocycles. The van der Waals surface area contributed by atoms with Gasteiger partial charge in [-0.05, 0) is 55.3 Å². The Morgan fingerprint density at radius 1 is 1.31 bits per heavy atom. The predicted octanol–water partition coefficient (Wildman–Crippen LogP) is 3.68. The van der Waals surface area contributed by atoms with Gasteiger partial charge in [0.1, 0.15) is 5.76 Å². The molecule has 154 valence electrons. The number of hydrogen-bond acceptors (Lipinski definition) is 5. The summed E-state index contributed by atoms with van der Waals surface area (Å²) < 4.78 is 12.3. The number of ether oxygens (including phenoxy) is 1. The highest BCUT2D eigenvalue weighted by Crippen LogP contribution is 2.22. The maximum absolute atomic E-state index is 13.1. The summed E-state index contributed by atoms with van der Waals surface area (Å²) in [4.78, 5) is 30.1. The molecule has 0 fully saturated rings. The molecule has 1 N–H and O–H groups in total. The number of fused-ring (bicyclic) bond motifs is 1. The van der Waals surface area contributed by atoms with Crippen molar-refractivity contribution in [2.24, 2.45) is 0 Å². The molecule has 3 rings (SSSR count). The Balaban J connectivity index is 1.86. The average molecular weight is 420 g/mol. The lowest BCUT2D eigenvalue weighted by Crippen LogP contribution is -2.32. The number of nitrogens with zero attached hydrogens (tertiary/aromatic N) is 3. The number of benzene rings is 1. The molecule has 2 heterocycles. The van der Waals surface area contributed by atoms with Crippen molar-refractivity contribution < 1.29 is 23.8 Å². The number of aromatic nitrogens is 2. The van der Waals surface area contributed by atoms with E-state index in [4.69, 9.17) is 25.9 Å². The maximum atomic E-state index is 13.1. The second kappa shape index (κ2) is 9.11. The molecule has 0 aliphatic carbocycles. The van der Waals surface area contributed by atoms with Gasteiger partial charge >= 0.3 is 5.97 Å². The third-order valence-corrected chi connectivity index (χ3v) is 4.84. The first-order valence-corrected chi connectivity index (χ1v) is 9.58. The molecule has 0 aliphatic heterocycles. The third-order valence-electron chi connectivity index (χ3n) is 4.55. The maximum Gasteiger partial charge on any atom is 0.371 e. The van der Waals surface area contributed by atoms with Gasteiger partial charge in [-0.25, -0.2) is 9.78 Å². The summed E-state index contributed by atoms with van der Waals surface area (Å²) in [5, 5.41) is 9.40. The van der Waals surface area contributed by atoms with E-state index in [-0.39, 0.29) is 18.2 Å². The van der Waals surface area contributed by atoms with Gasteiger partial charge in [-0.1, -0.05) is 0 Å². The van der Waals surface area contributed by atoms with E-state index >= 15 is 0 Å². The van der Waals surface area contributed by atoms with E-state index in [1.807, 2.05) is 17.6 Å². The van der Waals surface area contributed by atoms with Crippen molar-refractivity contribution in [3.63, 3.8) is 0 Å². The average Bonchev–Trinajstić information content (AvgIpc) is 3.29. The number of methoxy groups -OCH3 is 1. The van der Waals surface area contributed by atoms with Crippen LogP contribution in [0.3, 0.4) is 0 Å². The topological polar surface area (TPSA) is 97.8 Å². The molecule has 8 nitrogen and oxygen atoms in total. The monoisotopic (exact) mass is 419 g/mol. The number of hydrogen-bond donors (Lipinski definition) is 1. The van der Waals surface area contributed by atoms with Crippen LogP contribution < -0.4 is 0 Å². The Morgan fingerprint density at radius 2 is 2.10 bits per heavy atom. The smallest absolute Gasteiger partial charge is 0.371 e. The lowest BCUT2D eigenvalue weighted by Gasteiger charge is -2.21. The molecule has 0 aliphatic rings. The molecule has 1 amide bonds. The van der Waals surface area contributed by atoms with Crippen molar-refractivity contribution in [3.05, 3.63) is 52.7 Å². The van der Waals surface area contributed by atoms with Gasteiger partial charge in [-0.3, -0.25) is 4.79 Å². The molecule has 29 heavy (non-hydrogen) atoms. The van der Waals surface area contributed by atoms with Crippen LogP contribution in [0, 0.1) is 0 Å². The molecule has 3 aromatic rings. The quantitative estimate of drug-likeness (QED) is 0.531. The standard InChI is InChI=1S/C20H22ClN3O5/c1-3-24-16-7-5-13(11-15(16)22-20(24)21)18(25)23(9-4-10-28-2)12-14-6-8-17(29-14)19(26)27/h5-8,11H,3-4,9-10,12H2,1-2H3,(H,26,27). The molecule has 1 aromatic carbocycles. The zero-order valence-corrected chi connectivity index (χ0v) is 17.0. The summed E-state index contributed by atoms with van der Waals surface area (Å²) >= 11 is 6.16. The Hall–Kier alpha value is -2.84. The van der Waals surface area contributed by atoms with Crippen molar-refractivity contribution >= 4 is 34.5 Å². The largest absolute Gasteiger partial charge is 0.475 e. The molecule has 0 saturated heterocycles. The van der Waals surface area contributed by atoms with E-state index in [9.17, 15) is 9.59 Å². The summed E-state index contributed by atoms with van der Waals surface area (Å²) in [5.41, 5.74) is 1.97. The first-order chi connectivity index (χ1) is 13.9. The van der Waals surface area contributed by atoms with E-state index in [0.717, 1.165) is 5.52 Å². The van der Waals surface area contributed by atoms with Crippen LogP contribution >= 0.6 is 11.6 Å². The molecule has 2 aromatic heterocycles. The van der Waals surface area contributed by atoms with Crippen LogP contribution in [0.4, 0.5) is 0 Å². The molecule has 0 atom stereocenters. The van der Waals surface area contributed by atoms with Gasteiger partial charge in [-0.15, -0.1) is 0 Å². The summed E-state index contributed by atoms with van der Waals surface area (Å²) in [6.07, 6.45) is 0.632. The number of furan rings is 1. The summed E-state index contributed by atoms with van der Waals surface area (Å²) in [6, 6.07) is 8.22. The minimum atomic E-state index is -1.15. The number of carboxylic acids is 1. The van der Waals surface area contributed by atoms with Crippen molar-refractivity contribution in [2.45, 2.75) is 26.4 Å². The zero-order valence-electron chi connectivity index (χ0n) is 16.2. The Bertz CT molecular complexity index is 1030. The lowest BCUT2D eigenvalue weighted by atomic mass is 10.1. The fourth-order valence-electron chi connectivity index (χ4n) is 3.13. The van der Waals surface area contributed by atoms with Crippen LogP contribution in [0.5, 0.6) is 0 Å². The van der Waals surface area contributed by atoms with Gasteiger partial charge in [0.25, 0.3) is 5.91 Å². The molecule has 0 bridgehead atoms. The van der Waals surface area contributed by atoms with Crippen molar-refractivity contribution in [3.8, 4) is 0 Å². The summed E-state index contributed by atoms with van der Waals surface area (Å²) in [6.45, 7) is 3.72. The highest BCUT2D eigenvalue weighted by Gasteiger charge is 2.20. The summed E-state index contributed by atoms with van der Waals surface area (Å²) in [7, 11) is 1.60. The SMILES string of the molecule is CCn1c(Cl)nc2cc(C(=O)N(CCCOC)Cc3ccc(C(=O)O)o3)ccc21. The van der Waals surface area contributed by atoms with Crippen LogP contribution in [-0.2, 0) is 17.8 Å². The second-order valence-corrected chi connectivity index (χ2v) is 6.81. The van der Waals surface area contributed by atoms with Gasteiger partial charge in [0.2, 0.25) is 11.0 Å². The van der Waals surface area contributed by atoms with Gasteiger partial charge in [0, 0.05) is 32.4 Å². The number of carboxylic acid groups (broad SMARTS) is 1. The number of aromatic carboxylic acids is 1. The van der Waals surface area contributed by atoms with Gasteiger partial charge < -0.3 is 23.7 Å². The number of rotatable bonds is 9. The van der Waals surface area contributed by atoms with E-state index in [1.54, 1.807) is 30.2 Å². The first kappa shape index (κ1) is 20.9. The normalized spacial score (nSPS) is 11.1. The van der Waals surface area contributed by atoms with Gasteiger partial charge in [0.05, 0.1) is 17.6 Å². The highest BCUT2D eigenvalue weighted by molar-refractivity contribution is 6.29. The van der Waals surface area contributed by atoms with Gasteiger partial charge in [-0.2, -0.15) is 0 Å². The minimum absolute atomic E-state index is 0.151. The van der Waals surface area contributed by atoms with Crippen LogP contribution in [0.2, 0.25) is 5.28 Å². The van der Waals surface area contributed by atoms with Crippen molar-refractivity contribution in [2.75, 3.05) is 20.3 Å². The Kier molecular flexibility index (Phi) is 6.56. The number of carbonyl (C=O) groups excluding carboxylic acids is 1. The van der Waals surface area contributed by atoms with Crippen molar-refractivity contribution in [1.82, 2.24) is 14.5 Å². The first-order valence-electron chi connectivity index (χ1n) is 9.20. The Labute approximate surface area is 172 Å². The molecule has 0 radical (unpaired) electrons. The molecule has 9 heteroatoms. The summed E-state index contributed by atoms with van der Waals surface area (Å²) in [5.74, 6) is -1.13. The molecular formula is C20H22ClN3O5. The number of carbonyl (C=O) groups is 2. The molecular weight excluding hydrogens is 398 g/mol. The molecule has 0 spiro atoms. The Morgan fingerprint density at radius 3 is 2.76 bits per heavy atom. The van der Waals surface area contributed by atoms with Gasteiger partial charge in [0.15, 0.2) is 0 Å². The van der Waals surface area contributed by atoms with Crippen LogP contribution in [-0.4, -0.2) is 51.7 Å². The van der Waals surface area contributed by atoms with E-state index in [0.29, 0.717) is 48.2 Å². The number of amides is 1. The van der Waals surface area contributed by atoms with Crippen LogP contribution in [0.15, 0.2) is 34.7 Å². The molecule has 0 unspecified atom stereocenters. The zero-order chi connectivity index (χ0) is 21.0. The second-order valence-electron chi connectivity index (χ2n) is 6.47.